The molecule has 1 atom stereocenters. The Balaban J connectivity index is 2.50. The van der Waals surface area contributed by atoms with Crippen LogP contribution in [0.2, 0.25) is 0 Å². The van der Waals surface area contributed by atoms with Crippen molar-refractivity contribution in [3.05, 3.63) is 30.1 Å². The number of aromatic nitrogens is 1. The highest BCUT2D eigenvalue weighted by Gasteiger charge is 2.08. The molecular formula is C10H15N3O. The lowest BCUT2D eigenvalue weighted by Gasteiger charge is -2.12. The van der Waals surface area contributed by atoms with Gasteiger partial charge in [-0.1, -0.05) is 6.07 Å². The van der Waals surface area contributed by atoms with Crippen LogP contribution in [0.1, 0.15) is 18.7 Å². The first-order chi connectivity index (χ1) is 6.74. The van der Waals surface area contributed by atoms with Crippen molar-refractivity contribution in [3.63, 3.8) is 0 Å². The largest absolute Gasteiger partial charge is 0.347 e. The maximum Gasteiger partial charge on any atom is 0.234 e. The van der Waals surface area contributed by atoms with Crippen LogP contribution in [0.4, 0.5) is 0 Å². The quantitative estimate of drug-likeness (QED) is 0.731. The van der Waals surface area contributed by atoms with E-state index in [9.17, 15) is 4.79 Å². The molecule has 4 nitrogen and oxygen atoms in total. The molecule has 1 rings (SSSR count). The van der Waals surface area contributed by atoms with Gasteiger partial charge in [0.25, 0.3) is 0 Å². The van der Waals surface area contributed by atoms with Gasteiger partial charge in [-0.2, -0.15) is 0 Å². The molecule has 0 spiro atoms. The summed E-state index contributed by atoms with van der Waals surface area (Å²) in [6, 6.07) is 5.61. The topological polar surface area (TPSA) is 54.0 Å². The Hall–Kier alpha value is -1.42. The van der Waals surface area contributed by atoms with Crippen LogP contribution in [-0.4, -0.2) is 24.5 Å². The van der Waals surface area contributed by atoms with Gasteiger partial charge in [-0.15, -0.1) is 0 Å². The number of hydrogen-bond acceptors (Lipinski definition) is 3. The van der Waals surface area contributed by atoms with Crippen molar-refractivity contribution < 1.29 is 4.79 Å². The van der Waals surface area contributed by atoms with Crippen LogP contribution in [0.15, 0.2) is 24.4 Å². The maximum absolute atomic E-state index is 11.2. The van der Waals surface area contributed by atoms with Gasteiger partial charge in [0.2, 0.25) is 5.91 Å². The SMILES string of the molecule is CNCC(=O)N[C@@H](C)c1ccccn1. The number of likely N-dealkylation sites (N-methyl/N-ethyl adjacent to an activating group) is 1. The minimum Gasteiger partial charge on any atom is -0.347 e. The molecule has 14 heavy (non-hydrogen) atoms. The van der Waals surface area contributed by atoms with Gasteiger partial charge >= 0.3 is 0 Å². The molecule has 76 valence electrons. The molecule has 1 aromatic heterocycles. The zero-order valence-corrected chi connectivity index (χ0v) is 8.45. The number of nitrogens with one attached hydrogen (secondary N) is 2. The molecule has 1 heterocycles. The molecule has 0 aromatic carbocycles. The van der Waals surface area contributed by atoms with Gasteiger partial charge < -0.3 is 10.6 Å². The lowest BCUT2D eigenvalue weighted by Crippen LogP contribution is -2.34. The Morgan fingerprint density at radius 1 is 1.57 bits per heavy atom. The van der Waals surface area contributed by atoms with Gasteiger partial charge in [-0.3, -0.25) is 9.78 Å². The molecule has 4 heteroatoms. The number of amides is 1. The van der Waals surface area contributed by atoms with Crippen LogP contribution in [0.3, 0.4) is 0 Å². The normalized spacial score (nSPS) is 12.1. The van der Waals surface area contributed by atoms with Gasteiger partial charge in [0, 0.05) is 6.20 Å². The summed E-state index contributed by atoms with van der Waals surface area (Å²) in [7, 11) is 1.74. The Labute approximate surface area is 83.7 Å². The number of rotatable bonds is 4. The molecule has 2 N–H and O–H groups in total. The molecule has 0 aliphatic rings. The van der Waals surface area contributed by atoms with Crippen LogP contribution in [0, 0.1) is 0 Å². The van der Waals surface area contributed by atoms with E-state index in [-0.39, 0.29) is 11.9 Å². The summed E-state index contributed by atoms with van der Waals surface area (Å²) in [6.45, 7) is 2.24. The van der Waals surface area contributed by atoms with Crippen molar-refractivity contribution in [2.45, 2.75) is 13.0 Å². The summed E-state index contributed by atoms with van der Waals surface area (Å²) < 4.78 is 0. The second-order valence-corrected chi connectivity index (χ2v) is 3.07. The molecule has 0 aliphatic heterocycles. The third-order valence-electron chi connectivity index (χ3n) is 1.85. The van der Waals surface area contributed by atoms with E-state index in [0.29, 0.717) is 6.54 Å². The van der Waals surface area contributed by atoms with Crippen LogP contribution < -0.4 is 10.6 Å². The molecular weight excluding hydrogens is 178 g/mol. The zero-order chi connectivity index (χ0) is 10.4. The van der Waals surface area contributed by atoms with Gasteiger partial charge in [0.05, 0.1) is 18.3 Å². The first-order valence-corrected chi connectivity index (χ1v) is 4.59. The second-order valence-electron chi connectivity index (χ2n) is 3.07. The molecule has 1 amide bonds. The van der Waals surface area contributed by atoms with E-state index >= 15 is 0 Å². The van der Waals surface area contributed by atoms with E-state index in [4.69, 9.17) is 0 Å². The molecule has 0 aliphatic carbocycles. The van der Waals surface area contributed by atoms with Crippen molar-refractivity contribution in [2.75, 3.05) is 13.6 Å². The van der Waals surface area contributed by atoms with E-state index in [0.717, 1.165) is 5.69 Å². The van der Waals surface area contributed by atoms with E-state index in [2.05, 4.69) is 15.6 Å². The fraction of sp³-hybridized carbons (Fsp3) is 0.400. The van der Waals surface area contributed by atoms with E-state index in [1.54, 1.807) is 13.2 Å². The first kappa shape index (κ1) is 10.7. The van der Waals surface area contributed by atoms with Gasteiger partial charge in [-0.05, 0) is 26.1 Å². The average Bonchev–Trinajstić information content (AvgIpc) is 2.19. The highest BCUT2D eigenvalue weighted by atomic mass is 16.1. The molecule has 0 bridgehead atoms. The number of pyridine rings is 1. The Morgan fingerprint density at radius 3 is 2.93 bits per heavy atom. The monoisotopic (exact) mass is 193 g/mol. The summed E-state index contributed by atoms with van der Waals surface area (Å²) >= 11 is 0. The highest BCUT2D eigenvalue weighted by Crippen LogP contribution is 2.06. The van der Waals surface area contributed by atoms with Crippen LogP contribution >= 0.6 is 0 Å². The summed E-state index contributed by atoms with van der Waals surface area (Å²) in [5.74, 6) is -0.0225. The van der Waals surface area contributed by atoms with Crippen molar-refractivity contribution >= 4 is 5.91 Å². The number of nitrogens with zero attached hydrogens (tertiary/aromatic N) is 1. The molecule has 1 aromatic rings. The Morgan fingerprint density at radius 2 is 2.36 bits per heavy atom. The number of carbonyl (C=O) groups is 1. The van der Waals surface area contributed by atoms with Crippen molar-refractivity contribution in [2.24, 2.45) is 0 Å². The van der Waals surface area contributed by atoms with Gasteiger partial charge in [-0.25, -0.2) is 0 Å². The smallest absolute Gasteiger partial charge is 0.234 e. The predicted molar refractivity (Wildman–Crippen MR) is 54.7 cm³/mol. The molecule has 0 radical (unpaired) electrons. The molecule has 0 saturated carbocycles. The summed E-state index contributed by atoms with van der Waals surface area (Å²) in [5.41, 5.74) is 0.872. The minimum absolute atomic E-state index is 0.0225. The maximum atomic E-state index is 11.2. The highest BCUT2D eigenvalue weighted by molar-refractivity contribution is 5.78. The average molecular weight is 193 g/mol. The van der Waals surface area contributed by atoms with E-state index in [1.807, 2.05) is 25.1 Å². The second kappa shape index (κ2) is 5.34. The Kier molecular flexibility index (Phi) is 4.07. The molecule has 0 unspecified atom stereocenters. The predicted octanol–water partition coefficient (Wildman–Crippen LogP) is 0.478. The third-order valence-corrected chi connectivity index (χ3v) is 1.85. The van der Waals surface area contributed by atoms with Crippen LogP contribution in [-0.2, 0) is 4.79 Å². The summed E-state index contributed by atoms with van der Waals surface area (Å²) in [6.07, 6.45) is 1.72. The van der Waals surface area contributed by atoms with E-state index in [1.165, 1.54) is 0 Å². The Bertz CT molecular complexity index is 287. The van der Waals surface area contributed by atoms with Crippen LogP contribution in [0.5, 0.6) is 0 Å². The van der Waals surface area contributed by atoms with Crippen molar-refractivity contribution in [1.29, 1.82) is 0 Å². The zero-order valence-electron chi connectivity index (χ0n) is 8.45. The van der Waals surface area contributed by atoms with Crippen molar-refractivity contribution in [3.8, 4) is 0 Å². The lowest BCUT2D eigenvalue weighted by molar-refractivity contribution is -0.120. The minimum atomic E-state index is -0.0444. The van der Waals surface area contributed by atoms with E-state index < -0.39 is 0 Å². The molecule has 0 saturated heterocycles. The third kappa shape index (κ3) is 3.14. The fourth-order valence-corrected chi connectivity index (χ4v) is 1.16. The summed E-state index contributed by atoms with van der Waals surface area (Å²) in [4.78, 5) is 15.4. The van der Waals surface area contributed by atoms with Gasteiger partial charge in [0.1, 0.15) is 0 Å². The van der Waals surface area contributed by atoms with Crippen LogP contribution in [0.25, 0.3) is 0 Å². The first-order valence-electron chi connectivity index (χ1n) is 4.59. The molecule has 0 fully saturated rings. The number of carbonyl (C=O) groups excluding carboxylic acids is 1. The summed E-state index contributed by atoms with van der Waals surface area (Å²) in [5, 5.41) is 5.62. The fourth-order valence-electron chi connectivity index (χ4n) is 1.16. The standard InChI is InChI=1S/C10H15N3O/c1-8(13-10(14)7-11-2)9-5-3-4-6-12-9/h3-6,8,11H,7H2,1-2H3,(H,13,14)/t8-/m0/s1. The number of hydrogen-bond donors (Lipinski definition) is 2. The van der Waals surface area contributed by atoms with Crippen molar-refractivity contribution in [1.82, 2.24) is 15.6 Å². The lowest BCUT2D eigenvalue weighted by atomic mass is 10.2. The van der Waals surface area contributed by atoms with Gasteiger partial charge in [0.15, 0.2) is 0 Å².